The zero-order valence-electron chi connectivity index (χ0n) is 16.5. The van der Waals surface area contributed by atoms with E-state index in [0.29, 0.717) is 18.0 Å². The van der Waals surface area contributed by atoms with Gasteiger partial charge in [0.05, 0.1) is 6.54 Å². The van der Waals surface area contributed by atoms with Crippen LogP contribution < -0.4 is 20.7 Å². The second kappa shape index (κ2) is 10.2. The molecule has 0 aliphatic carbocycles. The van der Waals surface area contributed by atoms with Crippen LogP contribution in [0, 0.1) is 5.92 Å². The normalized spacial score (nSPS) is 10.3. The molecule has 0 aliphatic heterocycles. The van der Waals surface area contributed by atoms with Crippen LogP contribution in [0.1, 0.15) is 20.8 Å². The third kappa shape index (κ3) is 7.15. The maximum absolute atomic E-state index is 12.2. The first-order valence-electron chi connectivity index (χ1n) is 9.15. The number of carbonyl (C=O) groups excluding carboxylic acids is 2. The average Bonchev–Trinajstić information content (AvgIpc) is 2.65. The van der Waals surface area contributed by atoms with Crippen molar-refractivity contribution in [1.82, 2.24) is 0 Å². The first kappa shape index (κ1) is 21.0. The Kier molecular flexibility index (Phi) is 7.63. The third-order valence-electron chi connectivity index (χ3n) is 3.73. The molecule has 6 nitrogen and oxygen atoms in total. The van der Waals surface area contributed by atoms with Crippen LogP contribution in [0.25, 0.3) is 0 Å². The first-order valence-corrected chi connectivity index (χ1v) is 9.15. The van der Waals surface area contributed by atoms with Crippen molar-refractivity contribution in [3.63, 3.8) is 0 Å². The molecule has 0 unspecified atom stereocenters. The number of nitrogens with one attached hydrogen (secondary N) is 3. The summed E-state index contributed by atoms with van der Waals surface area (Å²) in [6.45, 7) is 9.95. The zero-order chi connectivity index (χ0) is 20.5. The summed E-state index contributed by atoms with van der Waals surface area (Å²) in [7, 11) is 0. The van der Waals surface area contributed by atoms with E-state index >= 15 is 0 Å². The number of hydrogen-bond donors (Lipinski definition) is 3. The predicted octanol–water partition coefficient (Wildman–Crippen LogP) is 4.29. The number of anilines is 3. The summed E-state index contributed by atoms with van der Waals surface area (Å²) >= 11 is 0. The van der Waals surface area contributed by atoms with Gasteiger partial charge in [-0.05, 0) is 55.0 Å². The Morgan fingerprint density at radius 1 is 1.00 bits per heavy atom. The van der Waals surface area contributed by atoms with Gasteiger partial charge in [0.1, 0.15) is 12.4 Å². The highest BCUT2D eigenvalue weighted by atomic mass is 16.5. The zero-order valence-corrected chi connectivity index (χ0v) is 16.5. The molecular weight excluding hydrogens is 354 g/mol. The second-order valence-electron chi connectivity index (χ2n) is 6.90. The van der Waals surface area contributed by atoms with Gasteiger partial charge in [-0.2, -0.15) is 0 Å². The van der Waals surface area contributed by atoms with E-state index in [0.717, 1.165) is 17.0 Å². The first-order chi connectivity index (χ1) is 13.3. The molecule has 0 aromatic heterocycles. The molecule has 3 N–H and O–H groups in total. The molecule has 2 aromatic carbocycles. The quantitative estimate of drug-likeness (QED) is 0.566. The Labute approximate surface area is 166 Å². The lowest BCUT2D eigenvalue weighted by molar-refractivity contribution is -0.119. The molecule has 0 heterocycles. The van der Waals surface area contributed by atoms with Crippen LogP contribution in [0.3, 0.4) is 0 Å². The van der Waals surface area contributed by atoms with Gasteiger partial charge in [-0.3, -0.25) is 9.59 Å². The number of hydrogen-bond acceptors (Lipinski definition) is 4. The highest BCUT2D eigenvalue weighted by Crippen LogP contribution is 2.17. The van der Waals surface area contributed by atoms with E-state index in [1.807, 2.05) is 45.0 Å². The van der Waals surface area contributed by atoms with Crippen LogP contribution in [-0.2, 0) is 9.59 Å². The number of carbonyl (C=O) groups is 2. The van der Waals surface area contributed by atoms with Gasteiger partial charge in [0, 0.05) is 23.0 Å². The van der Waals surface area contributed by atoms with Gasteiger partial charge in [0.25, 0.3) is 0 Å². The second-order valence-corrected chi connectivity index (χ2v) is 6.90. The summed E-state index contributed by atoms with van der Waals surface area (Å²) in [5, 5.41) is 8.69. The number of benzene rings is 2. The van der Waals surface area contributed by atoms with Crippen molar-refractivity contribution in [3.05, 3.63) is 60.7 Å². The van der Waals surface area contributed by atoms with E-state index in [-0.39, 0.29) is 24.3 Å². The molecule has 6 heteroatoms. The van der Waals surface area contributed by atoms with Crippen LogP contribution in [0.2, 0.25) is 0 Å². The predicted molar refractivity (Wildman–Crippen MR) is 114 cm³/mol. The van der Waals surface area contributed by atoms with Gasteiger partial charge in [-0.25, -0.2) is 0 Å². The van der Waals surface area contributed by atoms with Crippen LogP contribution in [0.5, 0.6) is 5.75 Å². The minimum atomic E-state index is -0.185. The summed E-state index contributed by atoms with van der Waals surface area (Å²) < 4.78 is 5.54. The summed E-state index contributed by atoms with van der Waals surface area (Å²) in [6, 6.07) is 14.4. The Hall–Kier alpha value is -3.28. The molecule has 0 bridgehead atoms. The highest BCUT2D eigenvalue weighted by molar-refractivity contribution is 5.96. The number of ether oxygens (including phenoxy) is 1. The Morgan fingerprint density at radius 3 is 2.25 bits per heavy atom. The molecule has 2 amide bonds. The fourth-order valence-corrected chi connectivity index (χ4v) is 2.22. The Balaban J connectivity index is 1.84. The van der Waals surface area contributed by atoms with Crippen LogP contribution in [-0.4, -0.2) is 25.0 Å². The average molecular weight is 381 g/mol. The van der Waals surface area contributed by atoms with Gasteiger partial charge in [-0.1, -0.05) is 26.5 Å². The lowest BCUT2D eigenvalue weighted by Gasteiger charge is -2.11. The minimum absolute atomic E-state index is 0.0687. The minimum Gasteiger partial charge on any atom is -0.489 e. The van der Waals surface area contributed by atoms with Gasteiger partial charge >= 0.3 is 0 Å². The van der Waals surface area contributed by atoms with E-state index in [9.17, 15) is 9.59 Å². The van der Waals surface area contributed by atoms with Crippen molar-refractivity contribution in [3.8, 4) is 5.75 Å². The van der Waals surface area contributed by atoms with Crippen molar-refractivity contribution in [2.75, 3.05) is 29.1 Å². The maximum Gasteiger partial charge on any atom is 0.243 e. The molecule has 0 fully saturated rings. The van der Waals surface area contributed by atoms with Gasteiger partial charge < -0.3 is 20.7 Å². The van der Waals surface area contributed by atoms with E-state index in [4.69, 9.17) is 4.74 Å². The van der Waals surface area contributed by atoms with Crippen LogP contribution in [0.15, 0.2) is 60.7 Å². The topological polar surface area (TPSA) is 79.5 Å². The molecule has 0 saturated heterocycles. The molecule has 2 rings (SSSR count). The van der Waals surface area contributed by atoms with Gasteiger partial charge in [0.15, 0.2) is 0 Å². The summed E-state index contributed by atoms with van der Waals surface area (Å²) in [6.07, 6.45) is 0. The SMILES string of the molecule is C=C(C)COc1ccc(NCC(=O)Nc2cccc(NC(=O)C(C)C)c2)cc1. The summed E-state index contributed by atoms with van der Waals surface area (Å²) in [5.74, 6) is 0.383. The highest BCUT2D eigenvalue weighted by Gasteiger charge is 2.08. The summed E-state index contributed by atoms with van der Waals surface area (Å²) in [4.78, 5) is 24.0. The maximum atomic E-state index is 12.2. The number of amides is 2. The molecule has 0 spiro atoms. The van der Waals surface area contributed by atoms with Crippen LogP contribution in [0.4, 0.5) is 17.1 Å². The lowest BCUT2D eigenvalue weighted by Crippen LogP contribution is -2.22. The van der Waals surface area contributed by atoms with Crippen molar-refractivity contribution in [2.24, 2.45) is 5.92 Å². The monoisotopic (exact) mass is 381 g/mol. The molecule has 0 atom stereocenters. The van der Waals surface area contributed by atoms with Crippen molar-refractivity contribution < 1.29 is 14.3 Å². The molecule has 2 aromatic rings. The van der Waals surface area contributed by atoms with E-state index in [1.165, 1.54) is 0 Å². The largest absolute Gasteiger partial charge is 0.489 e. The van der Waals surface area contributed by atoms with Gasteiger partial charge in [-0.15, -0.1) is 0 Å². The lowest BCUT2D eigenvalue weighted by atomic mass is 10.2. The van der Waals surface area contributed by atoms with Crippen molar-refractivity contribution >= 4 is 28.9 Å². The smallest absolute Gasteiger partial charge is 0.243 e. The van der Waals surface area contributed by atoms with Gasteiger partial charge in [0.2, 0.25) is 11.8 Å². The molecule has 0 radical (unpaired) electrons. The molecule has 0 aliphatic rings. The number of rotatable bonds is 9. The molecule has 28 heavy (non-hydrogen) atoms. The van der Waals surface area contributed by atoms with E-state index in [2.05, 4.69) is 22.5 Å². The Morgan fingerprint density at radius 2 is 1.64 bits per heavy atom. The Bertz CT molecular complexity index is 829. The molecule has 0 saturated carbocycles. The van der Waals surface area contributed by atoms with E-state index in [1.54, 1.807) is 24.3 Å². The molecule has 148 valence electrons. The summed E-state index contributed by atoms with van der Waals surface area (Å²) in [5.41, 5.74) is 3.04. The fourth-order valence-electron chi connectivity index (χ4n) is 2.22. The van der Waals surface area contributed by atoms with Crippen LogP contribution >= 0.6 is 0 Å². The molecular formula is C22H27N3O3. The van der Waals surface area contributed by atoms with E-state index < -0.39 is 0 Å². The van der Waals surface area contributed by atoms with Crippen molar-refractivity contribution in [2.45, 2.75) is 20.8 Å². The van der Waals surface area contributed by atoms with Crippen molar-refractivity contribution in [1.29, 1.82) is 0 Å². The standard InChI is InChI=1S/C22H27N3O3/c1-15(2)14-28-20-10-8-17(9-11-20)23-13-21(26)24-18-6-5-7-19(12-18)25-22(27)16(3)4/h5-12,16,23H,1,13-14H2,2-4H3,(H,24,26)(H,25,27). The third-order valence-corrected chi connectivity index (χ3v) is 3.73. The fraction of sp³-hybridized carbons (Fsp3) is 0.273.